The zero-order chi connectivity index (χ0) is 22.2. The Morgan fingerprint density at radius 2 is 1.15 bits per heavy atom. The van der Waals surface area contributed by atoms with Gasteiger partial charge in [-0.25, -0.2) is 0 Å². The molecular formula is C29H16BNO3. The summed E-state index contributed by atoms with van der Waals surface area (Å²) in [6.07, 6.45) is 1.84. The van der Waals surface area contributed by atoms with Crippen LogP contribution < -0.4 is 30.6 Å². The number of hydrogen-bond donors (Lipinski definition) is 0. The number of nitrogens with zero attached hydrogens (tertiary/aromatic N) is 1. The molecule has 3 aliphatic rings. The van der Waals surface area contributed by atoms with Gasteiger partial charge in [0.25, 0.3) is 6.71 Å². The molecule has 0 bridgehead atoms. The van der Waals surface area contributed by atoms with E-state index in [2.05, 4.69) is 30.3 Å². The Hall–Kier alpha value is -4.51. The van der Waals surface area contributed by atoms with Crippen LogP contribution in [0, 0.1) is 0 Å². The van der Waals surface area contributed by atoms with Crippen LogP contribution >= 0.6 is 0 Å². The first-order chi connectivity index (χ1) is 16.9. The van der Waals surface area contributed by atoms with Crippen molar-refractivity contribution in [2.45, 2.75) is 0 Å². The van der Waals surface area contributed by atoms with Gasteiger partial charge in [-0.15, -0.1) is 0 Å². The lowest BCUT2D eigenvalue weighted by Gasteiger charge is -2.38. The summed E-state index contributed by atoms with van der Waals surface area (Å²) in [4.78, 5) is 4.75. The third-order valence-corrected chi connectivity index (χ3v) is 6.87. The quantitative estimate of drug-likeness (QED) is 0.347. The highest BCUT2D eigenvalue weighted by Crippen LogP contribution is 2.45. The van der Waals surface area contributed by atoms with E-state index in [-0.39, 0.29) is 6.71 Å². The fraction of sp³-hybridized carbons (Fsp3) is 0. The largest absolute Gasteiger partial charge is 0.458 e. The highest BCUT2D eigenvalue weighted by molar-refractivity contribution is 6.99. The highest BCUT2D eigenvalue weighted by Gasteiger charge is 2.46. The van der Waals surface area contributed by atoms with Crippen LogP contribution in [0.15, 0.2) is 97.2 Å². The summed E-state index contributed by atoms with van der Waals surface area (Å²) >= 11 is 0. The molecule has 4 heterocycles. The van der Waals surface area contributed by atoms with Gasteiger partial charge in [-0.2, -0.15) is 0 Å². The Labute approximate surface area is 196 Å². The number of hydrogen-bond acceptors (Lipinski definition) is 4. The second-order valence-corrected chi connectivity index (χ2v) is 8.69. The van der Waals surface area contributed by atoms with Crippen LogP contribution in [-0.2, 0) is 0 Å². The first-order valence-corrected chi connectivity index (χ1v) is 11.3. The molecule has 0 spiro atoms. The van der Waals surface area contributed by atoms with Crippen molar-refractivity contribution in [3.8, 4) is 56.9 Å². The van der Waals surface area contributed by atoms with Gasteiger partial charge in [-0.05, 0) is 42.5 Å². The van der Waals surface area contributed by atoms with E-state index in [1.807, 2.05) is 66.9 Å². The molecule has 0 aliphatic carbocycles. The lowest BCUT2D eigenvalue weighted by atomic mass is 9.33. The number of rotatable bonds is 2. The maximum atomic E-state index is 6.64. The van der Waals surface area contributed by atoms with Gasteiger partial charge >= 0.3 is 0 Å². The highest BCUT2D eigenvalue weighted by atomic mass is 16.5. The minimum Gasteiger partial charge on any atom is -0.458 e. The molecule has 4 nitrogen and oxygen atoms in total. The van der Waals surface area contributed by atoms with Gasteiger partial charge in [-0.1, -0.05) is 48.5 Å². The van der Waals surface area contributed by atoms with Crippen LogP contribution in [0.3, 0.4) is 0 Å². The first-order valence-electron chi connectivity index (χ1n) is 11.3. The van der Waals surface area contributed by atoms with Crippen LogP contribution in [0.5, 0.6) is 34.5 Å². The zero-order valence-corrected chi connectivity index (χ0v) is 18.0. The first kappa shape index (κ1) is 18.0. The van der Waals surface area contributed by atoms with Crippen molar-refractivity contribution in [3.05, 3.63) is 97.2 Å². The van der Waals surface area contributed by atoms with Gasteiger partial charge in [0, 0.05) is 39.3 Å². The monoisotopic (exact) mass is 437 g/mol. The smallest absolute Gasteiger partial charge is 0.270 e. The SMILES string of the molecule is c1ccc(-c2ncccc2-c2ccc3c4c2Oc2cccc5c2B4c2c(cccc2O3)O5)cc1. The van der Waals surface area contributed by atoms with Crippen LogP contribution in [0.25, 0.3) is 22.4 Å². The van der Waals surface area contributed by atoms with Gasteiger partial charge < -0.3 is 14.2 Å². The van der Waals surface area contributed by atoms with Crippen molar-refractivity contribution in [2.75, 3.05) is 0 Å². The maximum absolute atomic E-state index is 6.64. The second-order valence-electron chi connectivity index (χ2n) is 8.69. The van der Waals surface area contributed by atoms with Crippen molar-refractivity contribution in [1.82, 2.24) is 4.98 Å². The zero-order valence-electron chi connectivity index (χ0n) is 18.0. The van der Waals surface area contributed by atoms with Crippen LogP contribution in [0.4, 0.5) is 0 Å². The third kappa shape index (κ3) is 2.31. The van der Waals surface area contributed by atoms with Crippen molar-refractivity contribution in [2.24, 2.45) is 0 Å². The lowest BCUT2D eigenvalue weighted by molar-refractivity contribution is 0.443. The molecule has 5 aromatic rings. The molecule has 0 radical (unpaired) electrons. The van der Waals surface area contributed by atoms with Gasteiger partial charge in [-0.3, -0.25) is 4.98 Å². The van der Waals surface area contributed by atoms with Crippen LogP contribution in [0.1, 0.15) is 0 Å². The molecule has 0 saturated heterocycles. The summed E-state index contributed by atoms with van der Waals surface area (Å²) in [5, 5.41) is 0. The molecule has 0 unspecified atom stereocenters. The van der Waals surface area contributed by atoms with Gasteiger partial charge in [0.05, 0.1) is 5.69 Å². The molecule has 5 heteroatoms. The average Bonchev–Trinajstić information content (AvgIpc) is 2.89. The van der Waals surface area contributed by atoms with E-state index in [1.165, 1.54) is 0 Å². The van der Waals surface area contributed by atoms with Gasteiger partial charge in [0.1, 0.15) is 34.5 Å². The summed E-state index contributed by atoms with van der Waals surface area (Å²) < 4.78 is 19.3. The molecular weight excluding hydrogens is 421 g/mol. The molecule has 0 atom stereocenters. The molecule has 158 valence electrons. The van der Waals surface area contributed by atoms with Crippen molar-refractivity contribution >= 4 is 23.1 Å². The predicted molar refractivity (Wildman–Crippen MR) is 133 cm³/mol. The summed E-state index contributed by atoms with van der Waals surface area (Å²) in [6, 6.07) is 30.5. The van der Waals surface area contributed by atoms with E-state index >= 15 is 0 Å². The van der Waals surface area contributed by atoms with E-state index in [4.69, 9.17) is 19.2 Å². The second kappa shape index (κ2) is 6.52. The van der Waals surface area contributed by atoms with E-state index in [0.717, 1.165) is 73.3 Å². The summed E-state index contributed by atoms with van der Waals surface area (Å²) in [5.74, 6) is 4.97. The summed E-state index contributed by atoms with van der Waals surface area (Å²) in [6.45, 7) is -0.00422. The molecule has 3 aliphatic heterocycles. The van der Waals surface area contributed by atoms with Crippen LogP contribution in [-0.4, -0.2) is 11.7 Å². The predicted octanol–water partition coefficient (Wildman–Crippen LogP) is 5.25. The average molecular weight is 437 g/mol. The summed E-state index contributed by atoms with van der Waals surface area (Å²) in [7, 11) is 0. The Kier molecular flexibility index (Phi) is 3.45. The van der Waals surface area contributed by atoms with E-state index in [9.17, 15) is 0 Å². The van der Waals surface area contributed by atoms with Crippen LogP contribution in [0.2, 0.25) is 0 Å². The molecule has 1 aromatic heterocycles. The molecule has 0 saturated carbocycles. The van der Waals surface area contributed by atoms with E-state index < -0.39 is 0 Å². The van der Waals surface area contributed by atoms with Crippen molar-refractivity contribution in [3.63, 3.8) is 0 Å². The van der Waals surface area contributed by atoms with Gasteiger partial charge in [0.2, 0.25) is 0 Å². The molecule has 0 amide bonds. The van der Waals surface area contributed by atoms with Gasteiger partial charge in [0.15, 0.2) is 0 Å². The summed E-state index contributed by atoms with van der Waals surface area (Å²) in [5.41, 5.74) is 7.18. The normalized spacial score (nSPS) is 13.4. The fourth-order valence-electron chi connectivity index (χ4n) is 5.47. The lowest BCUT2D eigenvalue weighted by Crippen LogP contribution is -2.59. The minimum absolute atomic E-state index is 0.00422. The molecule has 8 rings (SSSR count). The van der Waals surface area contributed by atoms with Crippen molar-refractivity contribution in [1.29, 1.82) is 0 Å². The number of aromatic nitrogens is 1. The number of pyridine rings is 1. The molecule has 0 N–H and O–H groups in total. The fourth-order valence-corrected chi connectivity index (χ4v) is 5.47. The topological polar surface area (TPSA) is 40.6 Å². The Balaban J connectivity index is 1.43. The Bertz CT molecular complexity index is 1610. The third-order valence-electron chi connectivity index (χ3n) is 6.87. The van der Waals surface area contributed by atoms with Crippen molar-refractivity contribution < 1.29 is 14.2 Å². The molecule has 4 aromatic carbocycles. The molecule has 0 fully saturated rings. The van der Waals surface area contributed by atoms with E-state index in [1.54, 1.807) is 0 Å². The Morgan fingerprint density at radius 3 is 1.85 bits per heavy atom. The standard InChI is InChI=1S/C29H16BNO3/c1-2-7-17(8-3-1)28-18(9-6-16-31-28)19-14-15-24-27-29(19)34-23-13-5-12-22-26(23)30(27)25-20(32-22)10-4-11-21(25)33-24/h1-16H. The Morgan fingerprint density at radius 1 is 0.500 bits per heavy atom. The number of ether oxygens (including phenoxy) is 3. The minimum atomic E-state index is -0.00422. The number of benzene rings is 4. The molecule has 34 heavy (non-hydrogen) atoms. The van der Waals surface area contributed by atoms with E-state index in [0.29, 0.717) is 0 Å². The maximum Gasteiger partial charge on any atom is 0.270 e.